The van der Waals surface area contributed by atoms with Crippen LogP contribution in [0.3, 0.4) is 0 Å². The second-order valence-electron chi connectivity index (χ2n) is 5.10. The van der Waals surface area contributed by atoms with Gasteiger partial charge in [-0.1, -0.05) is 0 Å². The summed E-state index contributed by atoms with van der Waals surface area (Å²) in [5.41, 5.74) is -0.0178. The lowest BCUT2D eigenvalue weighted by molar-refractivity contribution is -0.0346. The average Bonchev–Trinajstić information content (AvgIpc) is 2.02. The number of rotatable bonds is 2. The molecular formula is C11H22O2. The molecule has 0 aromatic heterocycles. The molecule has 0 heterocycles. The van der Waals surface area contributed by atoms with Gasteiger partial charge in [0, 0.05) is 0 Å². The van der Waals surface area contributed by atoms with Crippen molar-refractivity contribution in [2.24, 2.45) is 5.92 Å². The summed E-state index contributed by atoms with van der Waals surface area (Å²) in [6, 6.07) is 0. The van der Waals surface area contributed by atoms with Crippen LogP contribution in [0.5, 0.6) is 0 Å². The van der Waals surface area contributed by atoms with Gasteiger partial charge in [-0.3, -0.25) is 0 Å². The van der Waals surface area contributed by atoms with Crippen molar-refractivity contribution >= 4 is 0 Å². The van der Waals surface area contributed by atoms with Crippen LogP contribution in [0.2, 0.25) is 0 Å². The summed E-state index contributed by atoms with van der Waals surface area (Å²) < 4.78 is 5.72. The maximum absolute atomic E-state index is 9.31. The van der Waals surface area contributed by atoms with Gasteiger partial charge in [0.05, 0.1) is 18.3 Å². The molecule has 0 aromatic rings. The molecule has 0 spiro atoms. The van der Waals surface area contributed by atoms with Crippen molar-refractivity contribution < 1.29 is 9.84 Å². The van der Waals surface area contributed by atoms with Gasteiger partial charge >= 0.3 is 0 Å². The molecular weight excluding hydrogens is 164 g/mol. The molecule has 13 heavy (non-hydrogen) atoms. The van der Waals surface area contributed by atoms with E-state index in [4.69, 9.17) is 4.74 Å². The summed E-state index contributed by atoms with van der Waals surface area (Å²) in [6.45, 7) is 7.12. The van der Waals surface area contributed by atoms with Crippen LogP contribution < -0.4 is 0 Å². The van der Waals surface area contributed by atoms with E-state index in [1.807, 2.05) is 0 Å². The summed E-state index contributed by atoms with van der Waals surface area (Å²) in [5, 5.41) is 9.31. The van der Waals surface area contributed by atoms with Gasteiger partial charge in [-0.25, -0.2) is 0 Å². The third-order valence-corrected chi connectivity index (χ3v) is 2.57. The van der Waals surface area contributed by atoms with E-state index in [0.717, 1.165) is 32.3 Å². The zero-order chi connectivity index (χ0) is 9.90. The Morgan fingerprint density at radius 3 is 2.15 bits per heavy atom. The molecule has 0 saturated heterocycles. The minimum absolute atomic E-state index is 0.0178. The van der Waals surface area contributed by atoms with Crippen LogP contribution in [0.1, 0.15) is 46.5 Å². The Balaban J connectivity index is 2.16. The second-order valence-corrected chi connectivity index (χ2v) is 5.10. The SMILES string of the molecule is CC(C)(C)OCC1CCC(O)CC1. The molecule has 2 heteroatoms. The topological polar surface area (TPSA) is 29.5 Å². The molecule has 78 valence electrons. The van der Waals surface area contributed by atoms with E-state index in [-0.39, 0.29) is 11.7 Å². The van der Waals surface area contributed by atoms with Crippen molar-refractivity contribution in [3.63, 3.8) is 0 Å². The first-order chi connectivity index (χ1) is 5.97. The molecule has 0 amide bonds. The lowest BCUT2D eigenvalue weighted by Crippen LogP contribution is -2.27. The Labute approximate surface area is 81.3 Å². The smallest absolute Gasteiger partial charge is 0.0598 e. The Bertz CT molecular complexity index is 141. The summed E-state index contributed by atoms with van der Waals surface area (Å²) >= 11 is 0. The summed E-state index contributed by atoms with van der Waals surface area (Å²) in [4.78, 5) is 0. The number of hydrogen-bond donors (Lipinski definition) is 1. The van der Waals surface area contributed by atoms with Crippen molar-refractivity contribution in [1.82, 2.24) is 0 Å². The van der Waals surface area contributed by atoms with E-state index in [0.29, 0.717) is 5.92 Å². The third kappa shape index (κ3) is 4.63. The fraction of sp³-hybridized carbons (Fsp3) is 1.00. The number of aliphatic hydroxyl groups is 1. The molecule has 0 unspecified atom stereocenters. The fourth-order valence-corrected chi connectivity index (χ4v) is 1.68. The van der Waals surface area contributed by atoms with Crippen LogP contribution in [-0.4, -0.2) is 23.4 Å². The van der Waals surface area contributed by atoms with E-state index in [2.05, 4.69) is 20.8 Å². The van der Waals surface area contributed by atoms with Gasteiger partial charge in [-0.15, -0.1) is 0 Å². The highest BCUT2D eigenvalue weighted by molar-refractivity contribution is 4.72. The zero-order valence-corrected chi connectivity index (χ0v) is 9.05. The summed E-state index contributed by atoms with van der Waals surface area (Å²) in [7, 11) is 0. The van der Waals surface area contributed by atoms with Crippen molar-refractivity contribution in [3.05, 3.63) is 0 Å². The number of ether oxygens (including phenoxy) is 1. The highest BCUT2D eigenvalue weighted by Gasteiger charge is 2.21. The lowest BCUT2D eigenvalue weighted by Gasteiger charge is -2.28. The van der Waals surface area contributed by atoms with Crippen molar-refractivity contribution in [3.8, 4) is 0 Å². The Morgan fingerprint density at radius 1 is 1.15 bits per heavy atom. The van der Waals surface area contributed by atoms with Gasteiger partial charge in [0.25, 0.3) is 0 Å². The van der Waals surface area contributed by atoms with Crippen molar-refractivity contribution in [1.29, 1.82) is 0 Å². The van der Waals surface area contributed by atoms with Gasteiger partial charge < -0.3 is 9.84 Å². The largest absolute Gasteiger partial charge is 0.393 e. The van der Waals surface area contributed by atoms with Crippen LogP contribution in [0.25, 0.3) is 0 Å². The zero-order valence-electron chi connectivity index (χ0n) is 9.05. The molecule has 1 N–H and O–H groups in total. The minimum atomic E-state index is -0.0501. The number of aliphatic hydroxyl groups excluding tert-OH is 1. The van der Waals surface area contributed by atoms with Gasteiger partial charge in [0.2, 0.25) is 0 Å². The molecule has 1 saturated carbocycles. The molecule has 0 radical (unpaired) electrons. The summed E-state index contributed by atoms with van der Waals surface area (Å²) in [5.74, 6) is 0.669. The van der Waals surface area contributed by atoms with E-state index in [9.17, 15) is 5.11 Å². The van der Waals surface area contributed by atoms with E-state index >= 15 is 0 Å². The first kappa shape index (κ1) is 11.0. The molecule has 0 bridgehead atoms. The molecule has 0 aromatic carbocycles. The maximum atomic E-state index is 9.31. The highest BCUT2D eigenvalue weighted by atomic mass is 16.5. The molecule has 0 aliphatic heterocycles. The molecule has 0 atom stereocenters. The highest BCUT2D eigenvalue weighted by Crippen LogP contribution is 2.25. The van der Waals surface area contributed by atoms with Crippen LogP contribution in [0.15, 0.2) is 0 Å². The van der Waals surface area contributed by atoms with E-state index in [1.54, 1.807) is 0 Å². The average molecular weight is 186 g/mol. The maximum Gasteiger partial charge on any atom is 0.0598 e. The van der Waals surface area contributed by atoms with Crippen LogP contribution in [0, 0.1) is 5.92 Å². The van der Waals surface area contributed by atoms with E-state index in [1.165, 1.54) is 0 Å². The van der Waals surface area contributed by atoms with Crippen LogP contribution in [-0.2, 0) is 4.74 Å². The van der Waals surface area contributed by atoms with Crippen LogP contribution >= 0.6 is 0 Å². The third-order valence-electron chi connectivity index (χ3n) is 2.57. The first-order valence-electron chi connectivity index (χ1n) is 5.29. The van der Waals surface area contributed by atoms with Gasteiger partial charge in [0.1, 0.15) is 0 Å². The Kier molecular flexibility index (Phi) is 3.74. The quantitative estimate of drug-likeness (QED) is 0.717. The van der Waals surface area contributed by atoms with Gasteiger partial charge in [-0.05, 0) is 52.4 Å². The lowest BCUT2D eigenvalue weighted by atomic mass is 9.88. The monoisotopic (exact) mass is 186 g/mol. The predicted molar refractivity (Wildman–Crippen MR) is 53.7 cm³/mol. The Morgan fingerprint density at radius 2 is 1.69 bits per heavy atom. The first-order valence-corrected chi connectivity index (χ1v) is 5.29. The minimum Gasteiger partial charge on any atom is -0.393 e. The van der Waals surface area contributed by atoms with Crippen LogP contribution in [0.4, 0.5) is 0 Å². The fourth-order valence-electron chi connectivity index (χ4n) is 1.68. The van der Waals surface area contributed by atoms with Gasteiger partial charge in [0.15, 0.2) is 0 Å². The molecule has 1 aliphatic rings. The van der Waals surface area contributed by atoms with Crippen molar-refractivity contribution in [2.75, 3.05) is 6.61 Å². The normalized spacial score (nSPS) is 30.5. The summed E-state index contributed by atoms with van der Waals surface area (Å²) in [6.07, 6.45) is 4.11. The van der Waals surface area contributed by atoms with Crippen molar-refractivity contribution in [2.45, 2.75) is 58.2 Å². The molecule has 1 rings (SSSR count). The second kappa shape index (κ2) is 4.43. The predicted octanol–water partition coefficient (Wildman–Crippen LogP) is 2.35. The molecule has 2 nitrogen and oxygen atoms in total. The molecule has 1 fully saturated rings. The van der Waals surface area contributed by atoms with E-state index < -0.39 is 0 Å². The number of hydrogen-bond acceptors (Lipinski definition) is 2. The Hall–Kier alpha value is -0.0800. The molecule has 1 aliphatic carbocycles. The van der Waals surface area contributed by atoms with Gasteiger partial charge in [-0.2, -0.15) is 0 Å². The standard InChI is InChI=1S/C11H22O2/c1-11(2,3)13-8-9-4-6-10(12)7-5-9/h9-10,12H,4-8H2,1-3H3.